The minimum atomic E-state index is -0.495. The smallest absolute Gasteiger partial charge is 0.282 e. The van der Waals surface area contributed by atoms with E-state index in [0.717, 1.165) is 27.8 Å². The first-order chi connectivity index (χ1) is 11.8. The van der Waals surface area contributed by atoms with Gasteiger partial charge >= 0.3 is 0 Å². The van der Waals surface area contributed by atoms with Crippen LogP contribution in [0.3, 0.4) is 0 Å². The maximum absolute atomic E-state index is 12.6. The van der Waals surface area contributed by atoms with Crippen molar-refractivity contribution in [2.45, 2.75) is 27.7 Å². The Labute approximate surface area is 146 Å². The number of hydrogen-bond donors (Lipinski definition) is 1. The van der Waals surface area contributed by atoms with E-state index in [1.54, 1.807) is 7.05 Å². The van der Waals surface area contributed by atoms with Crippen LogP contribution in [0.4, 0.5) is 5.69 Å². The van der Waals surface area contributed by atoms with E-state index in [2.05, 4.69) is 10.3 Å². The monoisotopic (exact) mass is 335 g/mol. The van der Waals surface area contributed by atoms with Crippen LogP contribution in [0.1, 0.15) is 32.7 Å². The molecular weight excluding hydrogens is 314 g/mol. The third-order valence-electron chi connectivity index (χ3n) is 4.39. The van der Waals surface area contributed by atoms with Crippen molar-refractivity contribution in [3.63, 3.8) is 0 Å². The molecule has 0 radical (unpaired) electrons. The van der Waals surface area contributed by atoms with E-state index < -0.39 is 11.5 Å². The minimum Gasteiger partial charge on any atom is -0.320 e. The van der Waals surface area contributed by atoms with Gasteiger partial charge in [-0.1, -0.05) is 6.07 Å². The van der Waals surface area contributed by atoms with Gasteiger partial charge in [0.1, 0.15) is 0 Å². The van der Waals surface area contributed by atoms with Gasteiger partial charge < -0.3 is 9.88 Å². The predicted octanol–water partition coefficient (Wildman–Crippen LogP) is 3.42. The molecule has 1 N–H and O–H groups in total. The van der Waals surface area contributed by atoms with E-state index >= 15 is 0 Å². The highest BCUT2D eigenvalue weighted by molar-refractivity contribution is 6.03. The molecule has 0 saturated carbocycles. The van der Waals surface area contributed by atoms with Crippen molar-refractivity contribution in [1.82, 2.24) is 9.55 Å². The first-order valence-electron chi connectivity index (χ1n) is 8.14. The van der Waals surface area contributed by atoms with Gasteiger partial charge in [-0.05, 0) is 74.2 Å². The highest BCUT2D eigenvalue weighted by atomic mass is 16.2. The van der Waals surface area contributed by atoms with Crippen molar-refractivity contribution < 1.29 is 4.79 Å². The van der Waals surface area contributed by atoms with E-state index in [0.29, 0.717) is 11.2 Å². The highest BCUT2D eigenvalue weighted by Crippen LogP contribution is 2.17. The summed E-state index contributed by atoms with van der Waals surface area (Å²) in [5, 5.41) is 2.78. The quantitative estimate of drug-likeness (QED) is 0.780. The third-order valence-corrected chi connectivity index (χ3v) is 4.39. The molecule has 0 atom stereocenters. The lowest BCUT2D eigenvalue weighted by atomic mass is 10.1. The van der Waals surface area contributed by atoms with Crippen LogP contribution >= 0.6 is 0 Å². The molecule has 5 heteroatoms. The average molecular weight is 335 g/mol. The van der Waals surface area contributed by atoms with Gasteiger partial charge in [-0.3, -0.25) is 9.59 Å². The zero-order chi connectivity index (χ0) is 18.3. The van der Waals surface area contributed by atoms with Gasteiger partial charge in [0.05, 0.1) is 11.0 Å². The zero-order valence-electron chi connectivity index (χ0n) is 15.1. The molecule has 0 saturated heterocycles. The summed E-state index contributed by atoms with van der Waals surface area (Å²) in [5.41, 5.74) is 5.74. The molecule has 1 amide bonds. The molecule has 5 nitrogen and oxygen atoms in total. The number of carbonyl (C=O) groups excluding carboxylic acids is 1. The fraction of sp³-hybridized carbons (Fsp3) is 0.250. The first kappa shape index (κ1) is 16.9. The SMILES string of the molecule is Cc1cc(C)cc(NC(=O)c2nc3cc(C)c(C)cc3n(C)c2=O)c1. The van der Waals surface area contributed by atoms with Gasteiger partial charge in [-0.2, -0.15) is 0 Å². The van der Waals surface area contributed by atoms with Gasteiger partial charge in [0.2, 0.25) is 0 Å². The normalized spacial score (nSPS) is 10.9. The third kappa shape index (κ3) is 3.18. The number of anilines is 1. The van der Waals surface area contributed by atoms with Crippen molar-refractivity contribution in [1.29, 1.82) is 0 Å². The molecule has 0 aliphatic carbocycles. The number of nitrogens with zero attached hydrogens (tertiary/aromatic N) is 2. The predicted molar refractivity (Wildman–Crippen MR) is 100 cm³/mol. The van der Waals surface area contributed by atoms with E-state index in [1.807, 2.05) is 58.0 Å². The maximum atomic E-state index is 12.6. The summed E-state index contributed by atoms with van der Waals surface area (Å²) in [4.78, 5) is 29.5. The second kappa shape index (κ2) is 6.16. The Bertz CT molecular complexity index is 1040. The summed E-state index contributed by atoms with van der Waals surface area (Å²) < 4.78 is 1.48. The Hall–Kier alpha value is -2.95. The van der Waals surface area contributed by atoms with Gasteiger partial charge in [0.25, 0.3) is 11.5 Å². The Morgan fingerprint density at radius 2 is 1.56 bits per heavy atom. The van der Waals surface area contributed by atoms with Crippen molar-refractivity contribution >= 4 is 22.6 Å². The Balaban J connectivity index is 2.08. The van der Waals surface area contributed by atoms with Crippen molar-refractivity contribution in [3.8, 4) is 0 Å². The van der Waals surface area contributed by atoms with Crippen LogP contribution in [-0.2, 0) is 7.05 Å². The van der Waals surface area contributed by atoms with E-state index in [9.17, 15) is 9.59 Å². The van der Waals surface area contributed by atoms with Gasteiger partial charge in [0.15, 0.2) is 5.69 Å². The lowest BCUT2D eigenvalue weighted by molar-refractivity contribution is 0.102. The van der Waals surface area contributed by atoms with Crippen LogP contribution in [0.5, 0.6) is 0 Å². The molecular formula is C20H21N3O2. The summed E-state index contributed by atoms with van der Waals surface area (Å²) >= 11 is 0. The molecule has 2 aromatic carbocycles. The number of fused-ring (bicyclic) bond motifs is 1. The fourth-order valence-electron chi connectivity index (χ4n) is 2.97. The van der Waals surface area contributed by atoms with E-state index in [1.165, 1.54) is 4.57 Å². The van der Waals surface area contributed by atoms with Gasteiger partial charge in [-0.25, -0.2) is 4.98 Å². The summed E-state index contributed by atoms with van der Waals surface area (Å²) in [6, 6.07) is 9.57. The molecule has 0 fully saturated rings. The maximum Gasteiger partial charge on any atom is 0.282 e. The van der Waals surface area contributed by atoms with Crippen LogP contribution in [0.15, 0.2) is 35.1 Å². The first-order valence-corrected chi connectivity index (χ1v) is 8.14. The number of amides is 1. The Kier molecular flexibility index (Phi) is 4.17. The molecule has 1 heterocycles. The van der Waals surface area contributed by atoms with Crippen LogP contribution in [0.2, 0.25) is 0 Å². The lowest BCUT2D eigenvalue weighted by Gasteiger charge is -2.11. The van der Waals surface area contributed by atoms with Crippen LogP contribution in [-0.4, -0.2) is 15.5 Å². The molecule has 0 unspecified atom stereocenters. The number of nitrogens with one attached hydrogen (secondary N) is 1. The topological polar surface area (TPSA) is 64.0 Å². The molecule has 3 rings (SSSR count). The summed E-state index contributed by atoms with van der Waals surface area (Å²) in [7, 11) is 1.66. The Morgan fingerprint density at radius 1 is 0.960 bits per heavy atom. The van der Waals surface area contributed by atoms with Gasteiger partial charge in [-0.15, -0.1) is 0 Å². The molecule has 128 valence electrons. The number of aryl methyl sites for hydroxylation is 5. The summed E-state index contributed by atoms with van der Waals surface area (Å²) in [5.74, 6) is -0.495. The second-order valence-corrected chi connectivity index (χ2v) is 6.58. The van der Waals surface area contributed by atoms with Crippen molar-refractivity contribution in [2.24, 2.45) is 7.05 Å². The second-order valence-electron chi connectivity index (χ2n) is 6.58. The van der Waals surface area contributed by atoms with E-state index in [-0.39, 0.29) is 5.69 Å². The van der Waals surface area contributed by atoms with Crippen LogP contribution in [0.25, 0.3) is 11.0 Å². The molecule has 3 aromatic rings. The highest BCUT2D eigenvalue weighted by Gasteiger charge is 2.17. The standard InChI is InChI=1S/C20H21N3O2/c1-11-6-12(2)8-15(7-11)21-19(24)18-20(25)23(5)17-10-14(4)13(3)9-16(17)22-18/h6-10H,1-5H3,(H,21,24). The van der Waals surface area contributed by atoms with Crippen LogP contribution < -0.4 is 10.9 Å². The van der Waals surface area contributed by atoms with Crippen molar-refractivity contribution in [3.05, 3.63) is 68.6 Å². The molecule has 0 bridgehead atoms. The van der Waals surface area contributed by atoms with E-state index in [4.69, 9.17) is 0 Å². The fourth-order valence-corrected chi connectivity index (χ4v) is 2.97. The average Bonchev–Trinajstić information content (AvgIpc) is 2.52. The molecule has 25 heavy (non-hydrogen) atoms. The van der Waals surface area contributed by atoms with Crippen molar-refractivity contribution in [2.75, 3.05) is 5.32 Å². The summed E-state index contributed by atoms with van der Waals surface area (Å²) in [6.07, 6.45) is 0. The lowest BCUT2D eigenvalue weighted by Crippen LogP contribution is -2.30. The van der Waals surface area contributed by atoms with Gasteiger partial charge in [0, 0.05) is 12.7 Å². The molecule has 0 aliphatic rings. The summed E-state index contributed by atoms with van der Waals surface area (Å²) in [6.45, 7) is 7.89. The number of benzene rings is 2. The molecule has 0 spiro atoms. The number of hydrogen-bond acceptors (Lipinski definition) is 3. The Morgan fingerprint density at radius 3 is 2.20 bits per heavy atom. The number of rotatable bonds is 2. The largest absolute Gasteiger partial charge is 0.320 e. The minimum absolute atomic E-state index is 0.0996. The number of aromatic nitrogens is 2. The zero-order valence-corrected chi connectivity index (χ0v) is 15.1. The molecule has 1 aromatic heterocycles. The van der Waals surface area contributed by atoms with Crippen LogP contribution in [0, 0.1) is 27.7 Å². The number of carbonyl (C=O) groups is 1. The molecule has 0 aliphatic heterocycles.